The number of hydrogen-bond donors (Lipinski definition) is 0. The second-order valence-corrected chi connectivity index (χ2v) is 9.31. The van der Waals surface area contributed by atoms with Crippen LogP contribution in [0.25, 0.3) is 0 Å². The topological polar surface area (TPSA) is 61.6 Å². The molecular formula is C22H33BN2O4. The van der Waals surface area contributed by atoms with E-state index >= 15 is 0 Å². The second kappa shape index (κ2) is 8.88. The molecule has 1 aromatic rings. The molecule has 0 saturated heterocycles. The van der Waals surface area contributed by atoms with Crippen molar-refractivity contribution in [1.82, 2.24) is 0 Å². The van der Waals surface area contributed by atoms with Crippen LogP contribution < -0.4 is 5.46 Å². The van der Waals surface area contributed by atoms with Gasteiger partial charge in [-0.05, 0) is 33.2 Å². The van der Waals surface area contributed by atoms with Crippen LogP contribution in [0.2, 0.25) is 0 Å². The smallest absolute Gasteiger partial charge is 0.478 e. The Hall–Kier alpha value is -1.86. The van der Waals surface area contributed by atoms with E-state index in [1.165, 1.54) is 0 Å². The molecule has 3 rings (SSSR count). The van der Waals surface area contributed by atoms with Crippen LogP contribution in [0.15, 0.2) is 40.3 Å². The molecule has 0 bridgehead atoms. The molecule has 2 aliphatic heterocycles. The van der Waals surface area contributed by atoms with E-state index < -0.39 is 7.12 Å². The first kappa shape index (κ1) is 21.8. The van der Waals surface area contributed by atoms with E-state index in [2.05, 4.69) is 51.5 Å². The highest BCUT2D eigenvalue weighted by Gasteiger charge is 2.32. The van der Waals surface area contributed by atoms with Crippen LogP contribution >= 0.6 is 0 Å². The molecule has 0 spiro atoms. The third-order valence-electron chi connectivity index (χ3n) is 4.88. The number of ether oxygens (including phenoxy) is 2. The summed E-state index contributed by atoms with van der Waals surface area (Å²) >= 11 is 0. The van der Waals surface area contributed by atoms with Crippen LogP contribution in [0.4, 0.5) is 0 Å². The highest BCUT2D eigenvalue weighted by atomic mass is 16.6. The first-order valence-corrected chi connectivity index (χ1v) is 10.4. The van der Waals surface area contributed by atoms with Gasteiger partial charge in [0, 0.05) is 13.2 Å². The zero-order valence-corrected chi connectivity index (χ0v) is 18.5. The molecule has 158 valence electrons. The Morgan fingerprint density at radius 1 is 0.862 bits per heavy atom. The average Bonchev–Trinajstić information content (AvgIpc) is 3.23. The summed E-state index contributed by atoms with van der Waals surface area (Å²) in [7, 11) is -0.467. The van der Waals surface area contributed by atoms with Crippen LogP contribution in [0.1, 0.15) is 41.5 Å². The van der Waals surface area contributed by atoms with E-state index in [1.54, 1.807) is 0 Å². The van der Waals surface area contributed by atoms with E-state index in [0.29, 0.717) is 26.4 Å². The van der Waals surface area contributed by atoms with Crippen molar-refractivity contribution >= 4 is 24.4 Å². The van der Waals surface area contributed by atoms with Gasteiger partial charge < -0.3 is 18.8 Å². The quantitative estimate of drug-likeness (QED) is 0.598. The molecule has 29 heavy (non-hydrogen) atoms. The van der Waals surface area contributed by atoms with Gasteiger partial charge in [-0.1, -0.05) is 44.2 Å². The maximum Gasteiger partial charge on any atom is 0.493 e. The zero-order chi connectivity index (χ0) is 21.1. The molecule has 0 aliphatic carbocycles. The van der Waals surface area contributed by atoms with Gasteiger partial charge in [0.15, 0.2) is 11.8 Å². The number of aliphatic imine (C=N–C) groups is 2. The minimum Gasteiger partial charge on any atom is -0.478 e. The molecule has 2 heterocycles. The summed E-state index contributed by atoms with van der Waals surface area (Å²) in [6.45, 7) is 14.6. The van der Waals surface area contributed by atoms with Crippen molar-refractivity contribution in [2.24, 2.45) is 21.8 Å². The standard InChI is InChI=1S/C22H33BN2O4/c1-16(19-24-21(3,4)14-26-19)12-28-23(18-10-8-7-9-11-18)29-13-17(2)20-25-22(5,6)15-27-20/h7-11,16-17H,12-15H2,1-6H3. The van der Waals surface area contributed by atoms with Crippen molar-refractivity contribution in [3.05, 3.63) is 30.3 Å². The molecule has 1 aromatic carbocycles. The normalized spacial score (nSPS) is 21.6. The van der Waals surface area contributed by atoms with Gasteiger partial charge in [-0.3, -0.25) is 0 Å². The van der Waals surface area contributed by atoms with E-state index in [4.69, 9.17) is 18.8 Å². The van der Waals surface area contributed by atoms with Crippen LogP contribution in [0.3, 0.4) is 0 Å². The fourth-order valence-electron chi connectivity index (χ4n) is 3.19. The summed E-state index contributed by atoms with van der Waals surface area (Å²) in [4.78, 5) is 9.30. The lowest BCUT2D eigenvalue weighted by atomic mass is 9.78. The molecule has 0 saturated carbocycles. The molecule has 0 aromatic heterocycles. The van der Waals surface area contributed by atoms with Crippen molar-refractivity contribution < 1.29 is 18.8 Å². The average molecular weight is 400 g/mol. The summed E-state index contributed by atoms with van der Waals surface area (Å²) in [5, 5.41) is 0. The Morgan fingerprint density at radius 3 is 1.69 bits per heavy atom. The third-order valence-corrected chi connectivity index (χ3v) is 4.88. The van der Waals surface area contributed by atoms with Gasteiger partial charge in [0.25, 0.3) is 0 Å². The molecular weight excluding hydrogens is 367 g/mol. The van der Waals surface area contributed by atoms with Gasteiger partial charge in [0.05, 0.1) is 22.9 Å². The van der Waals surface area contributed by atoms with Crippen molar-refractivity contribution in [2.75, 3.05) is 26.4 Å². The SMILES string of the molecule is CC(COB(OCC(C)C1=NC(C)(C)CO1)c1ccccc1)C1=NC(C)(C)CO1. The Balaban J connectivity index is 1.60. The molecule has 6 nitrogen and oxygen atoms in total. The highest BCUT2D eigenvalue weighted by molar-refractivity contribution is 6.61. The van der Waals surface area contributed by atoms with Crippen LogP contribution in [-0.2, 0) is 18.8 Å². The summed E-state index contributed by atoms with van der Waals surface area (Å²) in [5.41, 5.74) is 0.657. The summed E-state index contributed by atoms with van der Waals surface area (Å²) in [6, 6.07) is 9.99. The lowest BCUT2D eigenvalue weighted by Gasteiger charge is -2.20. The van der Waals surface area contributed by atoms with Crippen molar-refractivity contribution in [1.29, 1.82) is 0 Å². The fourth-order valence-corrected chi connectivity index (χ4v) is 3.19. The van der Waals surface area contributed by atoms with Crippen molar-refractivity contribution in [3.63, 3.8) is 0 Å². The highest BCUT2D eigenvalue weighted by Crippen LogP contribution is 2.22. The summed E-state index contributed by atoms with van der Waals surface area (Å²) in [6.07, 6.45) is 0. The summed E-state index contributed by atoms with van der Waals surface area (Å²) < 4.78 is 23.8. The molecule has 0 amide bonds. The first-order valence-electron chi connectivity index (χ1n) is 10.4. The lowest BCUT2D eigenvalue weighted by molar-refractivity contribution is 0.174. The number of rotatable bonds is 9. The largest absolute Gasteiger partial charge is 0.493 e. The zero-order valence-electron chi connectivity index (χ0n) is 18.5. The lowest BCUT2D eigenvalue weighted by Crippen LogP contribution is -2.40. The molecule has 2 atom stereocenters. The first-order chi connectivity index (χ1) is 13.7. The third kappa shape index (κ3) is 6.06. The second-order valence-electron chi connectivity index (χ2n) is 9.31. The van der Waals surface area contributed by atoms with Gasteiger partial charge in [-0.2, -0.15) is 0 Å². The molecule has 7 heteroatoms. The van der Waals surface area contributed by atoms with E-state index in [-0.39, 0.29) is 22.9 Å². The van der Waals surface area contributed by atoms with Gasteiger partial charge in [-0.25, -0.2) is 9.98 Å². The fraction of sp³-hybridized carbons (Fsp3) is 0.636. The Bertz CT molecular complexity index is 704. The summed E-state index contributed by atoms with van der Waals surface area (Å²) in [5.74, 6) is 1.64. The van der Waals surface area contributed by atoms with E-state index in [1.807, 2.05) is 30.3 Å². The van der Waals surface area contributed by atoms with Crippen LogP contribution in [0, 0.1) is 11.8 Å². The van der Waals surface area contributed by atoms with E-state index in [0.717, 1.165) is 17.3 Å². The van der Waals surface area contributed by atoms with Crippen LogP contribution in [-0.4, -0.2) is 56.4 Å². The number of benzene rings is 1. The van der Waals surface area contributed by atoms with E-state index in [9.17, 15) is 0 Å². The Labute approximate surface area is 174 Å². The molecule has 2 unspecified atom stereocenters. The van der Waals surface area contributed by atoms with Gasteiger partial charge in [0.1, 0.15) is 13.2 Å². The molecule has 0 N–H and O–H groups in total. The Morgan fingerprint density at radius 2 is 1.31 bits per heavy atom. The number of nitrogens with zero attached hydrogens (tertiary/aromatic N) is 2. The predicted molar refractivity (Wildman–Crippen MR) is 117 cm³/mol. The van der Waals surface area contributed by atoms with Crippen molar-refractivity contribution in [3.8, 4) is 0 Å². The Kier molecular flexibility index (Phi) is 6.69. The molecule has 2 aliphatic rings. The minimum absolute atomic E-state index is 0.0624. The predicted octanol–water partition coefficient (Wildman–Crippen LogP) is 3.10. The van der Waals surface area contributed by atoms with Crippen LogP contribution in [0.5, 0.6) is 0 Å². The maximum absolute atomic E-state index is 6.16. The maximum atomic E-state index is 6.16. The van der Waals surface area contributed by atoms with Gasteiger partial charge in [-0.15, -0.1) is 0 Å². The van der Waals surface area contributed by atoms with Gasteiger partial charge in [0.2, 0.25) is 0 Å². The number of hydrogen-bond acceptors (Lipinski definition) is 6. The monoisotopic (exact) mass is 400 g/mol. The molecule has 0 fully saturated rings. The minimum atomic E-state index is -0.467. The van der Waals surface area contributed by atoms with Gasteiger partial charge >= 0.3 is 7.12 Å². The molecule has 0 radical (unpaired) electrons. The van der Waals surface area contributed by atoms with Crippen molar-refractivity contribution in [2.45, 2.75) is 52.6 Å².